The first-order chi connectivity index (χ1) is 13.5. The molecule has 1 N–H and O–H groups in total. The molecule has 0 saturated carbocycles. The van der Waals surface area contributed by atoms with Gasteiger partial charge in [-0.1, -0.05) is 30.7 Å². The Labute approximate surface area is 168 Å². The maximum Gasteiger partial charge on any atom is 0.251 e. The summed E-state index contributed by atoms with van der Waals surface area (Å²) in [5.41, 5.74) is 9.71. The third kappa shape index (κ3) is 3.02. The minimum absolute atomic E-state index is 0.100. The summed E-state index contributed by atoms with van der Waals surface area (Å²) >= 11 is 1.70. The predicted octanol–water partition coefficient (Wildman–Crippen LogP) is 5.27. The number of carbonyl (C=O) groups is 1. The highest BCUT2D eigenvalue weighted by Gasteiger charge is 2.19. The van der Waals surface area contributed by atoms with Gasteiger partial charge in [-0.25, -0.2) is 4.98 Å². The summed E-state index contributed by atoms with van der Waals surface area (Å²) < 4.78 is 2.09. The molecular formula is C23H23N3OS. The SMILES string of the molecule is CCc1c(-c2cscc2-c2ccc(C)cc2C)nc2cc(C(=O)NC)ccn12. The Morgan fingerprint density at radius 1 is 1.11 bits per heavy atom. The molecule has 4 rings (SSSR count). The summed E-state index contributed by atoms with van der Waals surface area (Å²) in [5, 5.41) is 7.05. The van der Waals surface area contributed by atoms with Gasteiger partial charge in [0.1, 0.15) is 5.65 Å². The van der Waals surface area contributed by atoms with E-state index in [9.17, 15) is 4.79 Å². The number of nitrogens with one attached hydrogen (secondary N) is 1. The van der Waals surface area contributed by atoms with Gasteiger partial charge in [-0.2, -0.15) is 11.3 Å². The first-order valence-corrected chi connectivity index (χ1v) is 10.3. The van der Waals surface area contributed by atoms with Crippen LogP contribution in [0.3, 0.4) is 0 Å². The van der Waals surface area contributed by atoms with Gasteiger partial charge in [-0.3, -0.25) is 4.79 Å². The fraction of sp³-hybridized carbons (Fsp3) is 0.217. The second-order valence-electron chi connectivity index (χ2n) is 7.00. The van der Waals surface area contributed by atoms with Crippen molar-refractivity contribution in [3.63, 3.8) is 0 Å². The zero-order chi connectivity index (χ0) is 19.8. The topological polar surface area (TPSA) is 46.4 Å². The van der Waals surface area contributed by atoms with E-state index in [2.05, 4.69) is 59.4 Å². The van der Waals surface area contributed by atoms with Crippen LogP contribution in [0.5, 0.6) is 0 Å². The van der Waals surface area contributed by atoms with Crippen molar-refractivity contribution >= 4 is 22.9 Å². The van der Waals surface area contributed by atoms with E-state index < -0.39 is 0 Å². The predicted molar refractivity (Wildman–Crippen MR) is 116 cm³/mol. The number of aryl methyl sites for hydroxylation is 3. The van der Waals surface area contributed by atoms with Gasteiger partial charge in [0.25, 0.3) is 5.91 Å². The van der Waals surface area contributed by atoms with Crippen LogP contribution in [0.2, 0.25) is 0 Å². The molecule has 3 heterocycles. The molecule has 0 aliphatic carbocycles. The van der Waals surface area contributed by atoms with Crippen molar-refractivity contribution in [1.29, 1.82) is 0 Å². The van der Waals surface area contributed by atoms with Crippen LogP contribution >= 0.6 is 11.3 Å². The van der Waals surface area contributed by atoms with Gasteiger partial charge >= 0.3 is 0 Å². The first-order valence-electron chi connectivity index (χ1n) is 9.40. The number of carbonyl (C=O) groups excluding carboxylic acids is 1. The van der Waals surface area contributed by atoms with Gasteiger partial charge in [-0.15, -0.1) is 0 Å². The van der Waals surface area contributed by atoms with Gasteiger partial charge < -0.3 is 9.72 Å². The Morgan fingerprint density at radius 3 is 2.61 bits per heavy atom. The van der Waals surface area contributed by atoms with Crippen LogP contribution in [0.1, 0.15) is 34.1 Å². The second kappa shape index (κ2) is 7.24. The van der Waals surface area contributed by atoms with Crippen LogP contribution in [-0.2, 0) is 6.42 Å². The van der Waals surface area contributed by atoms with Crippen molar-refractivity contribution in [3.8, 4) is 22.4 Å². The van der Waals surface area contributed by atoms with E-state index >= 15 is 0 Å². The van der Waals surface area contributed by atoms with E-state index in [0.29, 0.717) is 5.56 Å². The van der Waals surface area contributed by atoms with E-state index in [1.807, 2.05) is 18.3 Å². The molecule has 1 amide bonds. The van der Waals surface area contributed by atoms with Gasteiger partial charge in [0, 0.05) is 35.3 Å². The van der Waals surface area contributed by atoms with Gasteiger partial charge in [0.05, 0.1) is 11.4 Å². The molecule has 0 atom stereocenters. The summed E-state index contributed by atoms with van der Waals surface area (Å²) in [4.78, 5) is 16.9. The van der Waals surface area contributed by atoms with E-state index in [1.54, 1.807) is 18.4 Å². The number of rotatable bonds is 4. The molecule has 3 aromatic heterocycles. The van der Waals surface area contributed by atoms with Crippen LogP contribution in [0, 0.1) is 13.8 Å². The van der Waals surface area contributed by atoms with Crippen molar-refractivity contribution in [1.82, 2.24) is 14.7 Å². The number of thiophene rings is 1. The maximum atomic E-state index is 12.0. The van der Waals surface area contributed by atoms with E-state index in [0.717, 1.165) is 29.0 Å². The largest absolute Gasteiger partial charge is 0.355 e. The lowest BCUT2D eigenvalue weighted by Gasteiger charge is -2.09. The number of aromatic nitrogens is 2. The molecule has 0 aliphatic rings. The van der Waals surface area contributed by atoms with Crippen molar-refractivity contribution in [3.05, 3.63) is 69.7 Å². The molecule has 0 unspecified atom stereocenters. The molecule has 5 heteroatoms. The molecule has 4 nitrogen and oxygen atoms in total. The van der Waals surface area contributed by atoms with Crippen LogP contribution < -0.4 is 5.32 Å². The lowest BCUT2D eigenvalue weighted by Crippen LogP contribution is -2.17. The fourth-order valence-electron chi connectivity index (χ4n) is 3.74. The molecule has 0 saturated heterocycles. The number of amides is 1. The molecule has 28 heavy (non-hydrogen) atoms. The Balaban J connectivity index is 1.90. The van der Waals surface area contributed by atoms with E-state index in [-0.39, 0.29) is 5.91 Å². The molecular weight excluding hydrogens is 366 g/mol. The smallest absolute Gasteiger partial charge is 0.251 e. The zero-order valence-electron chi connectivity index (χ0n) is 16.5. The Bertz CT molecular complexity index is 1190. The average Bonchev–Trinajstić information content (AvgIpc) is 3.30. The maximum absolute atomic E-state index is 12.0. The van der Waals surface area contributed by atoms with Crippen molar-refractivity contribution < 1.29 is 4.79 Å². The molecule has 1 aromatic carbocycles. The van der Waals surface area contributed by atoms with Gasteiger partial charge in [-0.05, 0) is 48.9 Å². The van der Waals surface area contributed by atoms with Crippen LogP contribution in [-0.4, -0.2) is 22.3 Å². The molecule has 0 bridgehead atoms. The van der Waals surface area contributed by atoms with E-state index in [1.165, 1.54) is 22.3 Å². The van der Waals surface area contributed by atoms with Gasteiger partial charge in [0.2, 0.25) is 0 Å². The van der Waals surface area contributed by atoms with Crippen LogP contribution in [0.4, 0.5) is 0 Å². The summed E-state index contributed by atoms with van der Waals surface area (Å²) in [5.74, 6) is -0.100. The minimum Gasteiger partial charge on any atom is -0.355 e. The van der Waals surface area contributed by atoms with Gasteiger partial charge in [0.15, 0.2) is 0 Å². The quantitative estimate of drug-likeness (QED) is 0.517. The van der Waals surface area contributed by atoms with Crippen LogP contribution in [0.15, 0.2) is 47.3 Å². The lowest BCUT2D eigenvalue weighted by molar-refractivity contribution is 0.0963. The molecule has 0 aliphatic heterocycles. The molecule has 142 valence electrons. The number of hydrogen-bond donors (Lipinski definition) is 1. The Hall–Kier alpha value is -2.92. The number of imidazole rings is 1. The monoisotopic (exact) mass is 389 g/mol. The number of fused-ring (bicyclic) bond motifs is 1. The Kier molecular flexibility index (Phi) is 4.77. The number of benzene rings is 1. The summed E-state index contributed by atoms with van der Waals surface area (Å²) in [6.07, 6.45) is 2.80. The van der Waals surface area contributed by atoms with Crippen molar-refractivity contribution in [2.75, 3.05) is 7.05 Å². The van der Waals surface area contributed by atoms with Crippen LogP contribution in [0.25, 0.3) is 28.0 Å². The number of pyridine rings is 1. The van der Waals surface area contributed by atoms with E-state index in [4.69, 9.17) is 4.98 Å². The third-order valence-corrected chi connectivity index (χ3v) is 5.88. The van der Waals surface area contributed by atoms with Crippen molar-refractivity contribution in [2.45, 2.75) is 27.2 Å². The third-order valence-electron chi connectivity index (χ3n) is 5.14. The highest BCUT2D eigenvalue weighted by atomic mass is 32.1. The zero-order valence-corrected chi connectivity index (χ0v) is 17.4. The minimum atomic E-state index is -0.100. The molecule has 0 fully saturated rings. The highest BCUT2D eigenvalue weighted by Crippen LogP contribution is 2.38. The Morgan fingerprint density at radius 2 is 1.89 bits per heavy atom. The molecule has 0 spiro atoms. The lowest BCUT2D eigenvalue weighted by atomic mass is 9.96. The first kappa shape index (κ1) is 18.4. The second-order valence-corrected chi connectivity index (χ2v) is 7.74. The fourth-order valence-corrected chi connectivity index (χ4v) is 4.57. The number of nitrogens with zero attached hydrogens (tertiary/aromatic N) is 2. The standard InChI is InChI=1S/C23H23N3OS/c1-5-20-22(25-21-11-16(23(27)24-4)8-9-26(20)21)19-13-28-12-18(19)17-7-6-14(2)10-15(17)3/h6-13H,5H2,1-4H3,(H,24,27). The van der Waals surface area contributed by atoms with Crippen molar-refractivity contribution in [2.24, 2.45) is 0 Å². The average molecular weight is 390 g/mol. The molecule has 0 radical (unpaired) electrons. The summed E-state index contributed by atoms with van der Waals surface area (Å²) in [7, 11) is 1.64. The summed E-state index contributed by atoms with van der Waals surface area (Å²) in [6, 6.07) is 10.3. The highest BCUT2D eigenvalue weighted by molar-refractivity contribution is 7.08. The summed E-state index contributed by atoms with van der Waals surface area (Å²) in [6.45, 7) is 6.42. The molecule has 4 aromatic rings. The normalized spacial score (nSPS) is 11.1. The number of hydrogen-bond acceptors (Lipinski definition) is 3.